The molecule has 1 unspecified atom stereocenters. The van der Waals surface area contributed by atoms with Crippen LogP contribution in [-0.4, -0.2) is 37.6 Å². The molecule has 0 fully saturated rings. The van der Waals surface area contributed by atoms with Crippen molar-refractivity contribution in [2.45, 2.75) is 25.4 Å². The number of ether oxygens (including phenoxy) is 1. The van der Waals surface area contributed by atoms with Gasteiger partial charge in [0.15, 0.2) is 0 Å². The van der Waals surface area contributed by atoms with Gasteiger partial charge < -0.3 is 15.4 Å². The first-order chi connectivity index (χ1) is 8.65. The minimum atomic E-state index is -0.436. The Hall–Kier alpha value is -1.39. The van der Waals surface area contributed by atoms with Crippen LogP contribution in [0.5, 0.6) is 0 Å². The van der Waals surface area contributed by atoms with E-state index in [2.05, 4.69) is 0 Å². The number of methoxy groups -OCH3 is 1. The molecule has 0 spiro atoms. The highest BCUT2D eigenvalue weighted by molar-refractivity contribution is 5.81. The molecule has 0 heterocycles. The Labute approximate surface area is 109 Å². The van der Waals surface area contributed by atoms with E-state index >= 15 is 0 Å². The van der Waals surface area contributed by atoms with Crippen molar-refractivity contribution in [1.29, 1.82) is 0 Å². The van der Waals surface area contributed by atoms with E-state index in [1.807, 2.05) is 30.3 Å². The van der Waals surface area contributed by atoms with Crippen LogP contribution in [0, 0.1) is 0 Å². The molecule has 1 aromatic rings. The number of nitrogens with zero attached hydrogens (tertiary/aromatic N) is 1. The first kappa shape index (κ1) is 14.7. The minimum Gasteiger partial charge on any atom is -0.385 e. The van der Waals surface area contributed by atoms with Crippen LogP contribution in [0.25, 0.3) is 0 Å². The van der Waals surface area contributed by atoms with E-state index in [0.29, 0.717) is 19.6 Å². The van der Waals surface area contributed by atoms with Crippen molar-refractivity contribution in [1.82, 2.24) is 4.90 Å². The van der Waals surface area contributed by atoms with Crippen molar-refractivity contribution >= 4 is 5.91 Å². The Balaban J connectivity index is 2.41. The van der Waals surface area contributed by atoms with Crippen molar-refractivity contribution in [2.24, 2.45) is 5.73 Å². The third-order valence-electron chi connectivity index (χ3n) is 2.82. The molecule has 0 aliphatic carbocycles. The number of hydrogen-bond donors (Lipinski definition) is 1. The van der Waals surface area contributed by atoms with Crippen molar-refractivity contribution in [2.75, 3.05) is 20.8 Å². The highest BCUT2D eigenvalue weighted by Gasteiger charge is 2.17. The molecule has 1 atom stereocenters. The van der Waals surface area contributed by atoms with Gasteiger partial charge in [0.2, 0.25) is 5.91 Å². The summed E-state index contributed by atoms with van der Waals surface area (Å²) in [6, 6.07) is 9.45. The van der Waals surface area contributed by atoms with Gasteiger partial charge in [-0.15, -0.1) is 0 Å². The third kappa shape index (κ3) is 4.85. The molecular formula is C14H22N2O2. The summed E-state index contributed by atoms with van der Waals surface area (Å²) >= 11 is 0. The van der Waals surface area contributed by atoms with Gasteiger partial charge in [0, 0.05) is 27.3 Å². The topological polar surface area (TPSA) is 55.6 Å². The van der Waals surface area contributed by atoms with E-state index in [0.717, 1.165) is 12.0 Å². The average Bonchev–Trinajstić information content (AvgIpc) is 2.39. The van der Waals surface area contributed by atoms with Crippen LogP contribution in [-0.2, 0) is 16.1 Å². The molecule has 0 aromatic heterocycles. The smallest absolute Gasteiger partial charge is 0.239 e. The van der Waals surface area contributed by atoms with Gasteiger partial charge >= 0.3 is 0 Å². The van der Waals surface area contributed by atoms with Gasteiger partial charge in [-0.3, -0.25) is 4.79 Å². The standard InChI is InChI=1S/C14H22N2O2/c1-16(11-12-7-4-3-5-8-12)14(17)13(15)9-6-10-18-2/h3-5,7-8,13H,6,9-11,15H2,1-2H3. The largest absolute Gasteiger partial charge is 0.385 e. The Bertz CT molecular complexity index is 354. The van der Waals surface area contributed by atoms with E-state index in [1.165, 1.54) is 0 Å². The van der Waals surface area contributed by atoms with Gasteiger partial charge in [0.05, 0.1) is 6.04 Å². The lowest BCUT2D eigenvalue weighted by molar-refractivity contribution is -0.132. The molecule has 0 saturated heterocycles. The van der Waals surface area contributed by atoms with Crippen molar-refractivity contribution in [3.63, 3.8) is 0 Å². The maximum Gasteiger partial charge on any atom is 0.239 e. The summed E-state index contributed by atoms with van der Waals surface area (Å²) in [6.45, 7) is 1.24. The quantitative estimate of drug-likeness (QED) is 0.744. The molecule has 0 bridgehead atoms. The summed E-state index contributed by atoms with van der Waals surface area (Å²) in [5.41, 5.74) is 6.97. The first-order valence-corrected chi connectivity index (χ1v) is 6.18. The van der Waals surface area contributed by atoms with Gasteiger partial charge in [-0.25, -0.2) is 0 Å². The second-order valence-electron chi connectivity index (χ2n) is 4.42. The van der Waals surface area contributed by atoms with E-state index in [1.54, 1.807) is 19.1 Å². The fourth-order valence-corrected chi connectivity index (χ4v) is 1.79. The van der Waals surface area contributed by atoms with Gasteiger partial charge in [0.25, 0.3) is 0 Å². The number of benzene rings is 1. The number of amides is 1. The zero-order chi connectivity index (χ0) is 13.4. The van der Waals surface area contributed by atoms with Gasteiger partial charge in [-0.1, -0.05) is 30.3 Å². The van der Waals surface area contributed by atoms with Crippen LogP contribution in [0.15, 0.2) is 30.3 Å². The van der Waals surface area contributed by atoms with Crippen LogP contribution < -0.4 is 5.73 Å². The molecule has 0 aliphatic heterocycles. The fraction of sp³-hybridized carbons (Fsp3) is 0.500. The maximum absolute atomic E-state index is 12.0. The summed E-state index contributed by atoms with van der Waals surface area (Å²) in [5, 5.41) is 0. The minimum absolute atomic E-state index is 0.0186. The highest BCUT2D eigenvalue weighted by Crippen LogP contribution is 2.05. The zero-order valence-corrected chi connectivity index (χ0v) is 11.1. The molecule has 18 heavy (non-hydrogen) atoms. The Morgan fingerprint density at radius 3 is 2.67 bits per heavy atom. The second kappa shape index (κ2) is 7.84. The Kier molecular flexibility index (Phi) is 6.39. The van der Waals surface area contributed by atoms with Gasteiger partial charge in [0.1, 0.15) is 0 Å². The molecule has 0 saturated carbocycles. The summed E-state index contributed by atoms with van der Waals surface area (Å²) in [5.74, 6) is -0.0186. The van der Waals surface area contributed by atoms with E-state index in [-0.39, 0.29) is 5.91 Å². The van der Waals surface area contributed by atoms with Crippen LogP contribution in [0.1, 0.15) is 18.4 Å². The molecule has 1 amide bonds. The number of carbonyl (C=O) groups is 1. The highest BCUT2D eigenvalue weighted by atomic mass is 16.5. The van der Waals surface area contributed by atoms with Gasteiger partial charge in [-0.05, 0) is 18.4 Å². The predicted molar refractivity (Wildman–Crippen MR) is 72.0 cm³/mol. The normalized spacial score (nSPS) is 12.2. The lowest BCUT2D eigenvalue weighted by atomic mass is 10.1. The fourth-order valence-electron chi connectivity index (χ4n) is 1.79. The van der Waals surface area contributed by atoms with Crippen LogP contribution >= 0.6 is 0 Å². The molecular weight excluding hydrogens is 228 g/mol. The predicted octanol–water partition coefficient (Wildman–Crippen LogP) is 1.40. The number of rotatable bonds is 7. The first-order valence-electron chi connectivity index (χ1n) is 6.18. The molecule has 0 aliphatic rings. The van der Waals surface area contributed by atoms with E-state index in [4.69, 9.17) is 10.5 Å². The summed E-state index contributed by atoms with van der Waals surface area (Å²) in [6.07, 6.45) is 1.47. The second-order valence-corrected chi connectivity index (χ2v) is 4.42. The van der Waals surface area contributed by atoms with Crippen LogP contribution in [0.2, 0.25) is 0 Å². The lowest BCUT2D eigenvalue weighted by Crippen LogP contribution is -2.41. The summed E-state index contributed by atoms with van der Waals surface area (Å²) in [7, 11) is 3.43. The molecule has 2 N–H and O–H groups in total. The number of carbonyl (C=O) groups excluding carboxylic acids is 1. The van der Waals surface area contributed by atoms with Crippen LogP contribution in [0.4, 0.5) is 0 Å². The summed E-state index contributed by atoms with van der Waals surface area (Å²) < 4.78 is 4.95. The van der Waals surface area contributed by atoms with E-state index < -0.39 is 6.04 Å². The van der Waals surface area contributed by atoms with E-state index in [9.17, 15) is 4.79 Å². The van der Waals surface area contributed by atoms with Crippen molar-refractivity contribution < 1.29 is 9.53 Å². The van der Waals surface area contributed by atoms with Crippen molar-refractivity contribution in [3.8, 4) is 0 Å². The number of hydrogen-bond acceptors (Lipinski definition) is 3. The lowest BCUT2D eigenvalue weighted by Gasteiger charge is -2.21. The van der Waals surface area contributed by atoms with Crippen LogP contribution in [0.3, 0.4) is 0 Å². The van der Waals surface area contributed by atoms with Gasteiger partial charge in [-0.2, -0.15) is 0 Å². The third-order valence-corrected chi connectivity index (χ3v) is 2.82. The zero-order valence-electron chi connectivity index (χ0n) is 11.1. The average molecular weight is 250 g/mol. The molecule has 4 nitrogen and oxygen atoms in total. The van der Waals surface area contributed by atoms with Crippen molar-refractivity contribution in [3.05, 3.63) is 35.9 Å². The Morgan fingerprint density at radius 2 is 2.06 bits per heavy atom. The molecule has 4 heteroatoms. The molecule has 0 radical (unpaired) electrons. The number of likely N-dealkylation sites (N-methyl/N-ethyl adjacent to an activating group) is 1. The molecule has 100 valence electrons. The maximum atomic E-state index is 12.0. The number of nitrogens with two attached hydrogens (primary N) is 1. The summed E-state index contributed by atoms with van der Waals surface area (Å²) in [4.78, 5) is 13.7. The molecule has 1 rings (SSSR count). The SMILES string of the molecule is COCCCC(N)C(=O)N(C)Cc1ccccc1. The monoisotopic (exact) mass is 250 g/mol. The Morgan fingerprint density at radius 1 is 1.39 bits per heavy atom. The molecule has 1 aromatic carbocycles.